The van der Waals surface area contributed by atoms with E-state index in [4.69, 9.17) is 0 Å². The van der Waals surface area contributed by atoms with E-state index in [-0.39, 0.29) is 6.10 Å². The van der Waals surface area contributed by atoms with Gasteiger partial charge in [0.05, 0.1) is 11.8 Å². The number of aliphatic hydroxyl groups is 1. The summed E-state index contributed by atoms with van der Waals surface area (Å²) in [5, 5.41) is 11.5. The lowest BCUT2D eigenvalue weighted by Gasteiger charge is -2.20. The molecule has 2 nitrogen and oxygen atoms in total. The molecule has 1 aliphatic rings. The fourth-order valence-electron chi connectivity index (χ4n) is 3.01. The van der Waals surface area contributed by atoms with Crippen molar-refractivity contribution in [3.63, 3.8) is 0 Å². The van der Waals surface area contributed by atoms with Gasteiger partial charge in [0.25, 0.3) is 0 Å². The Balaban J connectivity index is 2.38. The summed E-state index contributed by atoms with van der Waals surface area (Å²) in [4.78, 5) is 0. The first-order chi connectivity index (χ1) is 8.22. The summed E-state index contributed by atoms with van der Waals surface area (Å²) in [6, 6.07) is 6.40. The van der Waals surface area contributed by atoms with E-state index in [1.807, 2.05) is 0 Å². The first kappa shape index (κ1) is 11.3. The van der Waals surface area contributed by atoms with Crippen molar-refractivity contribution in [3.8, 4) is 0 Å². The van der Waals surface area contributed by atoms with Crippen LogP contribution in [0.2, 0.25) is 0 Å². The third kappa shape index (κ3) is 1.64. The Kier molecular flexibility index (Phi) is 2.75. The summed E-state index contributed by atoms with van der Waals surface area (Å²) in [5.41, 5.74) is 3.75. The highest BCUT2D eigenvalue weighted by atomic mass is 79.9. The zero-order valence-electron chi connectivity index (χ0n) is 9.91. The number of fused-ring (bicyclic) bond motifs is 3. The Morgan fingerprint density at radius 3 is 3.06 bits per heavy atom. The molecule has 3 rings (SSSR count). The minimum Gasteiger partial charge on any atom is -0.387 e. The van der Waals surface area contributed by atoms with Gasteiger partial charge in [-0.1, -0.05) is 15.9 Å². The number of nitrogens with zero attached hydrogens (tertiary/aromatic N) is 1. The first-order valence-electron chi connectivity index (χ1n) is 6.21. The largest absolute Gasteiger partial charge is 0.387 e. The van der Waals surface area contributed by atoms with Crippen LogP contribution in [0.3, 0.4) is 0 Å². The van der Waals surface area contributed by atoms with Gasteiger partial charge in [0, 0.05) is 21.9 Å². The van der Waals surface area contributed by atoms with Gasteiger partial charge in [-0.3, -0.25) is 0 Å². The van der Waals surface area contributed by atoms with Crippen LogP contribution >= 0.6 is 15.9 Å². The average Bonchev–Trinajstić information content (AvgIpc) is 2.64. The number of rotatable bonds is 1. The molecule has 1 heterocycles. The number of benzene rings is 1. The number of halogens is 1. The lowest BCUT2D eigenvalue weighted by molar-refractivity contribution is 0.148. The van der Waals surface area contributed by atoms with Crippen molar-refractivity contribution in [1.82, 2.24) is 4.57 Å². The van der Waals surface area contributed by atoms with Crippen molar-refractivity contribution in [1.29, 1.82) is 0 Å². The van der Waals surface area contributed by atoms with Gasteiger partial charge in [0.2, 0.25) is 0 Å². The summed E-state index contributed by atoms with van der Waals surface area (Å²) in [6.45, 7) is 3.06. The molecule has 3 heteroatoms. The lowest BCUT2D eigenvalue weighted by Crippen LogP contribution is -2.13. The second-order valence-corrected chi connectivity index (χ2v) is 5.59. The van der Waals surface area contributed by atoms with Crippen molar-refractivity contribution in [3.05, 3.63) is 33.9 Å². The van der Waals surface area contributed by atoms with Crippen LogP contribution in [-0.4, -0.2) is 9.67 Å². The molecule has 0 aliphatic heterocycles. The molecule has 0 radical (unpaired) electrons. The third-order valence-corrected chi connectivity index (χ3v) is 4.20. The van der Waals surface area contributed by atoms with Crippen LogP contribution in [0.15, 0.2) is 22.7 Å². The zero-order chi connectivity index (χ0) is 12.0. The SMILES string of the molecule is CCn1c2c(c3cc(Br)ccc31)CCC[C@H]2O. The van der Waals surface area contributed by atoms with Crippen LogP contribution in [0.25, 0.3) is 10.9 Å². The molecule has 90 valence electrons. The van der Waals surface area contributed by atoms with Crippen molar-refractivity contribution in [2.45, 2.75) is 38.8 Å². The summed E-state index contributed by atoms with van der Waals surface area (Å²) in [7, 11) is 0. The summed E-state index contributed by atoms with van der Waals surface area (Å²) in [5.74, 6) is 0. The van der Waals surface area contributed by atoms with Crippen LogP contribution < -0.4 is 0 Å². The number of aromatic nitrogens is 1. The molecule has 1 atom stereocenters. The predicted molar refractivity (Wildman–Crippen MR) is 73.2 cm³/mol. The van der Waals surface area contributed by atoms with Crippen LogP contribution in [-0.2, 0) is 13.0 Å². The van der Waals surface area contributed by atoms with E-state index < -0.39 is 0 Å². The Labute approximate surface area is 109 Å². The second-order valence-electron chi connectivity index (χ2n) is 4.68. The van der Waals surface area contributed by atoms with E-state index in [1.54, 1.807) is 0 Å². The summed E-state index contributed by atoms with van der Waals surface area (Å²) >= 11 is 3.53. The van der Waals surface area contributed by atoms with E-state index in [9.17, 15) is 5.11 Å². The molecule has 0 amide bonds. The topological polar surface area (TPSA) is 25.2 Å². The smallest absolute Gasteiger partial charge is 0.0943 e. The summed E-state index contributed by atoms with van der Waals surface area (Å²) < 4.78 is 3.38. The van der Waals surface area contributed by atoms with Crippen molar-refractivity contribution < 1.29 is 5.11 Å². The quantitative estimate of drug-likeness (QED) is 0.850. The van der Waals surface area contributed by atoms with Crippen molar-refractivity contribution in [2.75, 3.05) is 0 Å². The van der Waals surface area contributed by atoms with Crippen LogP contribution in [0.1, 0.15) is 37.1 Å². The molecule has 0 spiro atoms. The van der Waals surface area contributed by atoms with Gasteiger partial charge in [-0.2, -0.15) is 0 Å². The fourth-order valence-corrected chi connectivity index (χ4v) is 3.37. The molecule has 1 aliphatic carbocycles. The van der Waals surface area contributed by atoms with Gasteiger partial charge < -0.3 is 9.67 Å². The molecule has 17 heavy (non-hydrogen) atoms. The van der Waals surface area contributed by atoms with Gasteiger partial charge in [-0.05, 0) is 49.9 Å². The molecule has 1 aromatic carbocycles. The van der Waals surface area contributed by atoms with Crippen LogP contribution in [0.5, 0.6) is 0 Å². The Bertz CT molecular complexity index is 573. The number of aliphatic hydroxyl groups excluding tert-OH is 1. The molecule has 0 bridgehead atoms. The molecule has 2 aromatic rings. The van der Waals surface area contributed by atoms with E-state index >= 15 is 0 Å². The molecule has 1 N–H and O–H groups in total. The van der Waals surface area contributed by atoms with Gasteiger partial charge in [0.1, 0.15) is 0 Å². The third-order valence-electron chi connectivity index (χ3n) is 3.71. The molecule has 0 fully saturated rings. The van der Waals surface area contributed by atoms with E-state index in [0.717, 1.165) is 36.0 Å². The van der Waals surface area contributed by atoms with Crippen LogP contribution in [0, 0.1) is 0 Å². The first-order valence-corrected chi connectivity index (χ1v) is 7.00. The van der Waals surface area contributed by atoms with Crippen LogP contribution in [0.4, 0.5) is 0 Å². The maximum absolute atomic E-state index is 10.2. The Hall–Kier alpha value is -0.800. The molecular formula is C14H16BrNO. The van der Waals surface area contributed by atoms with Gasteiger partial charge in [-0.25, -0.2) is 0 Å². The molecule has 0 unspecified atom stereocenters. The number of hydrogen-bond acceptors (Lipinski definition) is 1. The number of aryl methyl sites for hydroxylation is 2. The predicted octanol–water partition coefficient (Wildman–Crippen LogP) is 3.79. The lowest BCUT2D eigenvalue weighted by atomic mass is 9.93. The van der Waals surface area contributed by atoms with Gasteiger partial charge in [0.15, 0.2) is 0 Å². The Morgan fingerprint density at radius 2 is 2.29 bits per heavy atom. The highest BCUT2D eigenvalue weighted by molar-refractivity contribution is 9.10. The molecular weight excluding hydrogens is 278 g/mol. The molecule has 0 saturated heterocycles. The zero-order valence-corrected chi connectivity index (χ0v) is 11.5. The minimum atomic E-state index is -0.287. The molecule has 0 saturated carbocycles. The normalized spacial score (nSPS) is 19.6. The second kappa shape index (κ2) is 4.14. The number of hydrogen-bond donors (Lipinski definition) is 1. The maximum Gasteiger partial charge on any atom is 0.0943 e. The summed E-state index contributed by atoms with van der Waals surface area (Å²) in [6.07, 6.45) is 2.78. The monoisotopic (exact) mass is 293 g/mol. The van der Waals surface area contributed by atoms with Gasteiger partial charge in [-0.15, -0.1) is 0 Å². The van der Waals surface area contributed by atoms with Crippen molar-refractivity contribution >= 4 is 26.8 Å². The highest BCUT2D eigenvalue weighted by Crippen LogP contribution is 2.38. The highest BCUT2D eigenvalue weighted by Gasteiger charge is 2.25. The Morgan fingerprint density at radius 1 is 1.47 bits per heavy atom. The fraction of sp³-hybridized carbons (Fsp3) is 0.429. The van der Waals surface area contributed by atoms with E-state index in [2.05, 4.69) is 45.6 Å². The molecule has 1 aromatic heterocycles. The minimum absolute atomic E-state index is 0.287. The van der Waals surface area contributed by atoms with E-state index in [1.165, 1.54) is 16.5 Å². The van der Waals surface area contributed by atoms with Crippen molar-refractivity contribution in [2.24, 2.45) is 0 Å². The van der Waals surface area contributed by atoms with Gasteiger partial charge >= 0.3 is 0 Å². The maximum atomic E-state index is 10.2. The van der Waals surface area contributed by atoms with E-state index in [0.29, 0.717) is 0 Å². The average molecular weight is 294 g/mol. The standard InChI is InChI=1S/C14H16BrNO/c1-2-16-12-7-6-9(15)8-11(12)10-4-3-5-13(17)14(10)16/h6-8,13,17H,2-5H2,1H3/t13-/m1/s1.